The molecule has 0 unspecified atom stereocenters. The Balaban J connectivity index is 1.31. The van der Waals surface area contributed by atoms with Gasteiger partial charge in [-0.15, -0.1) is 0 Å². The predicted molar refractivity (Wildman–Crippen MR) is 137 cm³/mol. The van der Waals surface area contributed by atoms with Crippen molar-refractivity contribution in [1.82, 2.24) is 14.6 Å². The van der Waals surface area contributed by atoms with E-state index in [4.69, 9.17) is 13.9 Å². The highest BCUT2D eigenvalue weighted by atomic mass is 16.5. The van der Waals surface area contributed by atoms with Gasteiger partial charge in [0.2, 0.25) is 0 Å². The minimum absolute atomic E-state index is 0.172. The summed E-state index contributed by atoms with van der Waals surface area (Å²) in [5.74, 6) is 0.574. The van der Waals surface area contributed by atoms with Gasteiger partial charge >= 0.3 is 5.97 Å². The lowest BCUT2D eigenvalue weighted by atomic mass is 10.1. The molecular formula is C28H24N4O5. The van der Waals surface area contributed by atoms with Gasteiger partial charge in [-0.2, -0.15) is 5.10 Å². The highest BCUT2D eigenvalue weighted by molar-refractivity contribution is 6.02. The maximum Gasteiger partial charge on any atom is 0.343 e. The van der Waals surface area contributed by atoms with E-state index in [2.05, 4.69) is 15.4 Å². The van der Waals surface area contributed by atoms with Crippen molar-refractivity contribution in [2.24, 2.45) is 0 Å². The third-order valence-corrected chi connectivity index (χ3v) is 5.57. The van der Waals surface area contributed by atoms with E-state index in [-0.39, 0.29) is 30.4 Å². The molecule has 0 radical (unpaired) electrons. The Bertz CT molecular complexity index is 1590. The van der Waals surface area contributed by atoms with E-state index >= 15 is 0 Å². The van der Waals surface area contributed by atoms with Crippen LogP contribution in [0.3, 0.4) is 0 Å². The van der Waals surface area contributed by atoms with Crippen LogP contribution in [0.1, 0.15) is 39.2 Å². The van der Waals surface area contributed by atoms with E-state index in [1.807, 2.05) is 49.4 Å². The van der Waals surface area contributed by atoms with E-state index in [0.29, 0.717) is 22.8 Å². The van der Waals surface area contributed by atoms with Crippen molar-refractivity contribution < 1.29 is 23.5 Å². The second kappa shape index (κ2) is 10.4. The molecular weight excluding hydrogens is 472 g/mol. The predicted octanol–water partition coefficient (Wildman–Crippen LogP) is 5.31. The van der Waals surface area contributed by atoms with Crippen LogP contribution in [0.25, 0.3) is 16.9 Å². The smallest absolute Gasteiger partial charge is 0.343 e. The van der Waals surface area contributed by atoms with Crippen LogP contribution in [0.4, 0.5) is 5.69 Å². The molecule has 186 valence electrons. The number of hydrogen-bond donors (Lipinski definition) is 1. The molecule has 0 spiro atoms. The molecule has 0 atom stereocenters. The van der Waals surface area contributed by atoms with Gasteiger partial charge < -0.3 is 19.2 Å². The molecule has 2 aromatic carbocycles. The first-order valence-corrected chi connectivity index (χ1v) is 11.7. The molecule has 1 amide bonds. The van der Waals surface area contributed by atoms with Crippen molar-refractivity contribution in [1.29, 1.82) is 0 Å². The van der Waals surface area contributed by atoms with Crippen LogP contribution in [-0.4, -0.2) is 33.1 Å². The summed E-state index contributed by atoms with van der Waals surface area (Å²) in [6.45, 7) is 4.20. The Morgan fingerprint density at radius 2 is 1.92 bits per heavy atom. The summed E-state index contributed by atoms with van der Waals surface area (Å²) in [4.78, 5) is 29.3. The van der Waals surface area contributed by atoms with Gasteiger partial charge in [0.1, 0.15) is 23.7 Å². The fourth-order valence-corrected chi connectivity index (χ4v) is 3.85. The van der Waals surface area contributed by atoms with E-state index in [1.54, 1.807) is 41.9 Å². The highest BCUT2D eigenvalue weighted by Crippen LogP contribution is 2.25. The number of furan rings is 1. The quantitative estimate of drug-likeness (QED) is 0.290. The second-order valence-electron chi connectivity index (χ2n) is 8.25. The number of amides is 1. The third kappa shape index (κ3) is 5.20. The number of fused-ring (bicyclic) bond motifs is 1. The van der Waals surface area contributed by atoms with E-state index in [1.165, 1.54) is 6.20 Å². The maximum absolute atomic E-state index is 12.8. The number of nitrogens with one attached hydrogen (secondary N) is 1. The van der Waals surface area contributed by atoms with Crippen molar-refractivity contribution in [3.8, 4) is 17.0 Å². The molecule has 0 fully saturated rings. The summed E-state index contributed by atoms with van der Waals surface area (Å²) in [5.41, 5.74) is 3.81. The lowest BCUT2D eigenvalue weighted by Crippen LogP contribution is -2.11. The van der Waals surface area contributed by atoms with E-state index in [9.17, 15) is 9.59 Å². The topological polar surface area (TPSA) is 108 Å². The SMILES string of the molecule is CCOC(=O)c1cnn2c(-c3cccc(NC(=O)c4ccc(COc5cccc(C)c5)o4)c3)ccnc12. The number of esters is 1. The van der Waals surface area contributed by atoms with Crippen LogP contribution in [0.15, 0.2) is 83.5 Å². The van der Waals surface area contributed by atoms with Crippen LogP contribution in [0, 0.1) is 6.92 Å². The van der Waals surface area contributed by atoms with Crippen LogP contribution >= 0.6 is 0 Å². The largest absolute Gasteiger partial charge is 0.486 e. The first-order valence-electron chi connectivity index (χ1n) is 11.7. The number of aromatic nitrogens is 3. The number of hydrogen-bond acceptors (Lipinski definition) is 7. The minimum atomic E-state index is -0.481. The van der Waals surface area contributed by atoms with Crippen molar-refractivity contribution in [2.75, 3.05) is 11.9 Å². The van der Waals surface area contributed by atoms with Crippen molar-refractivity contribution in [2.45, 2.75) is 20.5 Å². The first kappa shape index (κ1) is 23.8. The number of rotatable bonds is 8. The normalized spacial score (nSPS) is 10.9. The highest BCUT2D eigenvalue weighted by Gasteiger charge is 2.18. The molecule has 0 aliphatic rings. The molecule has 5 rings (SSSR count). The third-order valence-electron chi connectivity index (χ3n) is 5.57. The van der Waals surface area contributed by atoms with Gasteiger partial charge in [0.25, 0.3) is 5.91 Å². The summed E-state index contributed by atoms with van der Waals surface area (Å²) in [6, 6.07) is 20.1. The Hall–Kier alpha value is -4.92. The number of carbonyl (C=O) groups is 2. The van der Waals surface area contributed by atoms with Gasteiger partial charge in [0.05, 0.1) is 18.5 Å². The molecule has 9 nitrogen and oxygen atoms in total. The van der Waals surface area contributed by atoms with Crippen molar-refractivity contribution >= 4 is 23.2 Å². The van der Waals surface area contributed by atoms with Crippen LogP contribution < -0.4 is 10.1 Å². The Kier molecular flexibility index (Phi) is 6.67. The molecule has 9 heteroatoms. The molecule has 0 saturated heterocycles. The molecule has 0 aliphatic carbocycles. The Morgan fingerprint density at radius 1 is 1.05 bits per heavy atom. The number of carbonyl (C=O) groups excluding carboxylic acids is 2. The van der Waals surface area contributed by atoms with Gasteiger partial charge in [0.15, 0.2) is 11.4 Å². The monoisotopic (exact) mass is 496 g/mol. The average molecular weight is 497 g/mol. The summed E-state index contributed by atoms with van der Waals surface area (Å²) in [7, 11) is 0. The number of nitrogens with zero attached hydrogens (tertiary/aromatic N) is 3. The lowest BCUT2D eigenvalue weighted by Gasteiger charge is -2.08. The Labute approximate surface area is 212 Å². The number of ether oxygens (including phenoxy) is 2. The first-order chi connectivity index (χ1) is 18.0. The van der Waals surface area contributed by atoms with Gasteiger partial charge in [-0.3, -0.25) is 4.79 Å². The summed E-state index contributed by atoms with van der Waals surface area (Å²) >= 11 is 0. The van der Waals surface area contributed by atoms with Gasteiger partial charge in [-0.25, -0.2) is 14.3 Å². The molecule has 3 aromatic heterocycles. The molecule has 3 heterocycles. The molecule has 0 saturated carbocycles. The zero-order valence-electron chi connectivity index (χ0n) is 20.3. The second-order valence-corrected chi connectivity index (χ2v) is 8.25. The lowest BCUT2D eigenvalue weighted by molar-refractivity contribution is 0.0528. The van der Waals surface area contributed by atoms with Crippen LogP contribution in [-0.2, 0) is 11.3 Å². The standard InChI is InChI=1S/C28H24N4O5/c1-3-35-28(34)23-16-30-32-24(12-13-29-26(23)32)19-7-5-8-20(15-19)31-27(33)25-11-10-22(37-25)17-36-21-9-4-6-18(2)14-21/h4-16H,3,17H2,1-2H3,(H,31,33). The van der Waals surface area contributed by atoms with Crippen molar-refractivity contribution in [3.63, 3.8) is 0 Å². The van der Waals surface area contributed by atoms with Crippen LogP contribution in [0.5, 0.6) is 5.75 Å². The van der Waals surface area contributed by atoms with E-state index in [0.717, 1.165) is 16.9 Å². The zero-order valence-corrected chi connectivity index (χ0v) is 20.3. The van der Waals surface area contributed by atoms with Gasteiger partial charge in [-0.1, -0.05) is 24.3 Å². The molecule has 0 bridgehead atoms. The fourth-order valence-electron chi connectivity index (χ4n) is 3.85. The number of anilines is 1. The number of aryl methyl sites for hydroxylation is 1. The van der Waals surface area contributed by atoms with Crippen molar-refractivity contribution in [3.05, 3.63) is 102 Å². The maximum atomic E-state index is 12.8. The molecule has 0 aliphatic heterocycles. The summed E-state index contributed by atoms with van der Waals surface area (Å²) < 4.78 is 18.1. The van der Waals surface area contributed by atoms with Gasteiger partial charge in [-0.05, 0) is 61.9 Å². The van der Waals surface area contributed by atoms with E-state index < -0.39 is 5.97 Å². The number of benzene rings is 2. The zero-order chi connectivity index (χ0) is 25.8. The minimum Gasteiger partial charge on any atom is -0.486 e. The molecule has 1 N–H and O–H groups in total. The van der Waals surface area contributed by atoms with Crippen LogP contribution in [0.2, 0.25) is 0 Å². The summed E-state index contributed by atoms with van der Waals surface area (Å²) in [5, 5.41) is 7.18. The molecule has 37 heavy (non-hydrogen) atoms. The Morgan fingerprint density at radius 3 is 2.76 bits per heavy atom. The fraction of sp³-hybridized carbons (Fsp3) is 0.143. The summed E-state index contributed by atoms with van der Waals surface area (Å²) in [6.07, 6.45) is 3.04. The average Bonchev–Trinajstić information content (AvgIpc) is 3.55. The molecule has 5 aromatic rings. The van der Waals surface area contributed by atoms with Gasteiger partial charge in [0, 0.05) is 17.4 Å².